The molecule has 21 atom stereocenters. The number of aliphatic hydroxyl groups excluding tert-OH is 6. The van der Waals surface area contributed by atoms with Gasteiger partial charge < -0.3 is 59.1 Å². The summed E-state index contributed by atoms with van der Waals surface area (Å²) >= 11 is 0. The third kappa shape index (κ3) is 6.90. The van der Waals surface area contributed by atoms with Crippen molar-refractivity contribution in [1.29, 1.82) is 0 Å². The first-order valence-electron chi connectivity index (χ1n) is 20.2. The van der Waals surface area contributed by atoms with Crippen molar-refractivity contribution in [2.24, 2.45) is 46.3 Å². The van der Waals surface area contributed by atoms with Gasteiger partial charge in [0.1, 0.15) is 42.7 Å². The number of rotatable bonds is 8. The number of carbonyl (C=O) groups excluding carboxylic acids is 1. The SMILES string of the molecule is COC1C(O)C(C)OC(OC2C(OC3CCC4(C)C(C3)C(=O)C=C3C4CCC4(C)C3CCC4C(C)[C@@H]3CCC(C)[C@H](O)O3)OC(CO)C(O)C2O)C1O. The molecule has 53 heavy (non-hydrogen) atoms. The van der Waals surface area contributed by atoms with E-state index in [2.05, 4.69) is 20.8 Å². The summed E-state index contributed by atoms with van der Waals surface area (Å²) in [5.74, 6) is 1.43. The van der Waals surface area contributed by atoms with Gasteiger partial charge in [0.25, 0.3) is 0 Å². The van der Waals surface area contributed by atoms with Crippen LogP contribution in [0.4, 0.5) is 0 Å². The summed E-state index contributed by atoms with van der Waals surface area (Å²) in [5, 5.41) is 63.8. The molecule has 3 aliphatic heterocycles. The molecule has 0 bridgehead atoms. The van der Waals surface area contributed by atoms with Gasteiger partial charge in [-0.3, -0.25) is 4.79 Å². The molecular weight excluding hydrogens is 688 g/mol. The summed E-state index contributed by atoms with van der Waals surface area (Å²) in [6, 6.07) is 0. The number of ketones is 1. The quantitative estimate of drug-likeness (QED) is 0.212. The smallest absolute Gasteiger partial charge is 0.187 e. The molecule has 302 valence electrons. The van der Waals surface area contributed by atoms with Gasteiger partial charge in [-0.25, -0.2) is 0 Å². The van der Waals surface area contributed by atoms with E-state index in [1.807, 2.05) is 13.0 Å². The molecule has 7 rings (SSSR count). The lowest BCUT2D eigenvalue weighted by Gasteiger charge is -2.57. The van der Waals surface area contributed by atoms with Gasteiger partial charge in [-0.2, -0.15) is 0 Å². The van der Waals surface area contributed by atoms with Crippen LogP contribution in [-0.4, -0.2) is 130 Å². The van der Waals surface area contributed by atoms with Gasteiger partial charge >= 0.3 is 0 Å². The van der Waals surface area contributed by atoms with Crippen LogP contribution in [0.1, 0.15) is 92.4 Å². The summed E-state index contributed by atoms with van der Waals surface area (Å²) in [5.41, 5.74) is 1.15. The largest absolute Gasteiger partial charge is 0.394 e. The van der Waals surface area contributed by atoms with Crippen LogP contribution >= 0.6 is 0 Å². The molecule has 0 aromatic rings. The Labute approximate surface area is 313 Å². The summed E-state index contributed by atoms with van der Waals surface area (Å²) in [6.45, 7) is 10.1. The first-order valence-corrected chi connectivity index (χ1v) is 20.2. The molecule has 3 saturated heterocycles. The fourth-order valence-corrected chi connectivity index (χ4v) is 12.0. The number of aliphatic hydroxyl groups is 6. The number of fused-ring (bicyclic) bond motifs is 5. The maximum Gasteiger partial charge on any atom is 0.187 e. The Kier molecular flexibility index (Phi) is 11.6. The minimum atomic E-state index is -1.56. The Hall–Kier alpha value is -1.07. The zero-order chi connectivity index (χ0) is 38.1. The summed E-state index contributed by atoms with van der Waals surface area (Å²) in [4.78, 5) is 14.2. The summed E-state index contributed by atoms with van der Waals surface area (Å²) in [7, 11) is 1.35. The molecule has 0 radical (unpaired) electrons. The second kappa shape index (κ2) is 15.4. The Bertz CT molecular complexity index is 1350. The lowest BCUT2D eigenvalue weighted by atomic mass is 9.47. The third-order valence-electron chi connectivity index (χ3n) is 15.4. The van der Waals surface area contributed by atoms with Crippen molar-refractivity contribution < 1.29 is 63.9 Å². The number of methoxy groups -OCH3 is 1. The molecule has 7 aliphatic rings. The Morgan fingerprint density at radius 2 is 1.51 bits per heavy atom. The van der Waals surface area contributed by atoms with E-state index in [-0.39, 0.29) is 34.6 Å². The maximum atomic E-state index is 14.2. The van der Waals surface area contributed by atoms with Crippen LogP contribution in [-0.2, 0) is 33.2 Å². The highest BCUT2D eigenvalue weighted by atomic mass is 16.8. The Balaban J connectivity index is 1.06. The fourth-order valence-electron chi connectivity index (χ4n) is 12.0. The van der Waals surface area contributed by atoms with Crippen molar-refractivity contribution in [2.45, 2.75) is 172 Å². The van der Waals surface area contributed by atoms with Crippen LogP contribution in [0, 0.1) is 46.3 Å². The highest BCUT2D eigenvalue weighted by Crippen LogP contribution is 2.67. The van der Waals surface area contributed by atoms with Gasteiger partial charge in [-0.1, -0.05) is 33.3 Å². The van der Waals surface area contributed by atoms with E-state index in [0.717, 1.165) is 44.9 Å². The van der Waals surface area contributed by atoms with Crippen LogP contribution < -0.4 is 0 Å². The van der Waals surface area contributed by atoms with Crippen LogP contribution in [0.3, 0.4) is 0 Å². The summed E-state index contributed by atoms with van der Waals surface area (Å²) in [6.07, 6.45) is -3.57. The maximum absolute atomic E-state index is 14.2. The van der Waals surface area contributed by atoms with Crippen molar-refractivity contribution in [3.63, 3.8) is 0 Å². The van der Waals surface area contributed by atoms with Crippen molar-refractivity contribution in [3.8, 4) is 0 Å². The van der Waals surface area contributed by atoms with E-state index in [9.17, 15) is 35.4 Å². The lowest BCUT2D eigenvalue weighted by Crippen LogP contribution is -2.64. The van der Waals surface area contributed by atoms with E-state index in [4.69, 9.17) is 28.4 Å². The van der Waals surface area contributed by atoms with E-state index in [0.29, 0.717) is 36.5 Å². The fraction of sp³-hybridized carbons (Fsp3) is 0.925. The van der Waals surface area contributed by atoms with Crippen molar-refractivity contribution in [1.82, 2.24) is 0 Å². The monoisotopic (exact) mass is 752 g/mol. The zero-order valence-corrected chi connectivity index (χ0v) is 32.2. The predicted octanol–water partition coefficient (Wildman–Crippen LogP) is 2.21. The molecule has 6 fully saturated rings. The molecule has 3 saturated carbocycles. The molecule has 4 aliphatic carbocycles. The number of hydrogen-bond donors (Lipinski definition) is 6. The van der Waals surface area contributed by atoms with Gasteiger partial charge in [0.15, 0.2) is 24.7 Å². The second-order valence-corrected chi connectivity index (χ2v) is 18.1. The van der Waals surface area contributed by atoms with E-state index < -0.39 is 80.4 Å². The van der Waals surface area contributed by atoms with Crippen LogP contribution in [0.5, 0.6) is 0 Å². The average molecular weight is 753 g/mol. The molecule has 13 nitrogen and oxygen atoms in total. The number of carbonyl (C=O) groups is 1. The van der Waals surface area contributed by atoms with Crippen molar-refractivity contribution in [3.05, 3.63) is 11.6 Å². The second-order valence-electron chi connectivity index (χ2n) is 18.1. The highest BCUT2D eigenvalue weighted by Gasteiger charge is 2.61. The number of allylic oxidation sites excluding steroid dienone is 2. The van der Waals surface area contributed by atoms with Gasteiger partial charge in [0, 0.05) is 18.9 Å². The lowest BCUT2D eigenvalue weighted by molar-refractivity contribution is -0.371. The highest BCUT2D eigenvalue weighted by molar-refractivity contribution is 5.94. The molecule has 0 aromatic heterocycles. The van der Waals surface area contributed by atoms with E-state index in [1.165, 1.54) is 12.7 Å². The molecular formula is C40H64O13. The van der Waals surface area contributed by atoms with Crippen LogP contribution in [0.2, 0.25) is 0 Å². The van der Waals surface area contributed by atoms with Gasteiger partial charge in [-0.15, -0.1) is 0 Å². The van der Waals surface area contributed by atoms with Gasteiger partial charge in [-0.05, 0) is 105 Å². The van der Waals surface area contributed by atoms with Crippen molar-refractivity contribution in [2.75, 3.05) is 13.7 Å². The Morgan fingerprint density at radius 1 is 0.792 bits per heavy atom. The van der Waals surface area contributed by atoms with E-state index >= 15 is 0 Å². The van der Waals surface area contributed by atoms with Gasteiger partial charge in [0.2, 0.25) is 0 Å². The molecule has 19 unspecified atom stereocenters. The van der Waals surface area contributed by atoms with Crippen LogP contribution in [0.25, 0.3) is 0 Å². The average Bonchev–Trinajstić information content (AvgIpc) is 3.49. The van der Waals surface area contributed by atoms with Gasteiger partial charge in [0.05, 0.1) is 24.9 Å². The molecule has 0 amide bonds. The minimum absolute atomic E-state index is 0.0489. The summed E-state index contributed by atoms with van der Waals surface area (Å²) < 4.78 is 35.7. The predicted molar refractivity (Wildman–Crippen MR) is 189 cm³/mol. The number of ether oxygens (including phenoxy) is 6. The molecule has 0 spiro atoms. The topological polar surface area (TPSA) is 194 Å². The standard InChI is InChI=1S/C40H64O13/c1-18-7-10-28(51-36(18)47)19(2)23-8-9-24-22-16-27(42)26-15-21(11-13-40(26,5)25(22)12-14-39(23,24)4)50-38-35(32(45)31(44)29(17-41)52-38)53-37-33(46)34(48-6)30(43)20(3)49-37/h16,18-21,23-26,28-38,41,43-47H,7-15,17H2,1-6H3/t18?,19?,20?,21?,23?,24?,25?,26?,28-,29?,30?,31?,32?,33?,34?,35?,36+,37?,38?,39?,40?/m0/s1. The zero-order valence-electron chi connectivity index (χ0n) is 32.2. The minimum Gasteiger partial charge on any atom is -0.394 e. The first-order chi connectivity index (χ1) is 25.1. The molecule has 6 N–H and O–H groups in total. The molecule has 3 heterocycles. The normalized spacial score (nSPS) is 53.7. The first kappa shape index (κ1) is 40.1. The third-order valence-corrected chi connectivity index (χ3v) is 15.4. The van der Waals surface area contributed by atoms with Crippen molar-refractivity contribution >= 4 is 5.78 Å². The van der Waals surface area contributed by atoms with E-state index in [1.54, 1.807) is 6.92 Å². The Morgan fingerprint density at radius 3 is 2.21 bits per heavy atom. The molecule has 0 aromatic carbocycles. The number of hydrogen-bond acceptors (Lipinski definition) is 13. The molecule has 13 heteroatoms. The van der Waals surface area contributed by atoms with Crippen LogP contribution in [0.15, 0.2) is 11.6 Å².